The molecule has 1 amide bonds. The van der Waals surface area contributed by atoms with E-state index >= 15 is 0 Å². The third-order valence-corrected chi connectivity index (χ3v) is 10.4. The number of rotatable bonds is 4. The molecule has 1 aromatic rings. The van der Waals surface area contributed by atoms with Crippen LogP contribution in [0.1, 0.15) is 76.7 Å². The van der Waals surface area contributed by atoms with Crippen molar-refractivity contribution in [3.8, 4) is 0 Å². The lowest BCUT2D eigenvalue weighted by Gasteiger charge is -2.66. The molecule has 156 valence electrons. The summed E-state index contributed by atoms with van der Waals surface area (Å²) in [5.41, 5.74) is 8.36. The summed E-state index contributed by atoms with van der Waals surface area (Å²) in [7, 11) is 0. The van der Waals surface area contributed by atoms with Crippen LogP contribution in [-0.4, -0.2) is 18.5 Å². The van der Waals surface area contributed by atoms with Crippen molar-refractivity contribution in [1.82, 2.24) is 5.32 Å². The van der Waals surface area contributed by atoms with Gasteiger partial charge in [-0.25, -0.2) is 0 Å². The summed E-state index contributed by atoms with van der Waals surface area (Å²) < 4.78 is 0. The Morgan fingerprint density at radius 2 is 1.79 bits per heavy atom. The number of hydrogen-bond acceptors (Lipinski definition) is 2. The minimum atomic E-state index is -0.102. The highest BCUT2D eigenvalue weighted by Crippen LogP contribution is 2.88. The lowest BCUT2D eigenvalue weighted by atomic mass is 9.38. The maximum absolute atomic E-state index is 13.7. The Labute approximate surface area is 175 Å². The maximum atomic E-state index is 13.7. The van der Waals surface area contributed by atoms with Gasteiger partial charge in [0.05, 0.1) is 5.41 Å². The molecule has 29 heavy (non-hydrogen) atoms. The number of hydrogen-bond donors (Lipinski definition) is 2. The smallest absolute Gasteiger partial charge is 0.226 e. The molecule has 3 unspecified atom stereocenters. The summed E-state index contributed by atoms with van der Waals surface area (Å²) in [6.07, 6.45) is 11.9. The van der Waals surface area contributed by atoms with E-state index in [1.165, 1.54) is 32.1 Å². The molecule has 0 saturated heterocycles. The molecule has 5 aliphatic rings. The monoisotopic (exact) mass is 392 g/mol. The predicted molar refractivity (Wildman–Crippen MR) is 115 cm³/mol. The van der Waals surface area contributed by atoms with Crippen LogP contribution < -0.4 is 11.1 Å². The van der Waals surface area contributed by atoms with E-state index < -0.39 is 0 Å². The number of nitrogens with one attached hydrogen (secondary N) is 1. The van der Waals surface area contributed by atoms with Crippen LogP contribution in [0.15, 0.2) is 30.3 Å². The van der Waals surface area contributed by atoms with E-state index in [0.29, 0.717) is 34.1 Å². The Kier molecular flexibility index (Phi) is 3.73. The van der Waals surface area contributed by atoms with Gasteiger partial charge in [-0.1, -0.05) is 37.3 Å². The summed E-state index contributed by atoms with van der Waals surface area (Å²) in [6.45, 7) is 3.32. The van der Waals surface area contributed by atoms with E-state index in [2.05, 4.69) is 42.6 Å². The summed E-state index contributed by atoms with van der Waals surface area (Å²) in [6, 6.07) is 11.7. The SMILES string of the molecule is C[C@]12CC3(C(=O)NC4CCC(CN)CC4)CC4CC1(C3)[C@](c1ccccc1)(C4)C2. The van der Waals surface area contributed by atoms with Gasteiger partial charge in [-0.2, -0.15) is 0 Å². The molecule has 0 radical (unpaired) electrons. The second-order valence-corrected chi connectivity index (χ2v) is 11.8. The first kappa shape index (κ1) is 18.4. The van der Waals surface area contributed by atoms with Gasteiger partial charge in [0, 0.05) is 11.5 Å². The van der Waals surface area contributed by atoms with Gasteiger partial charge in [0.1, 0.15) is 0 Å². The van der Waals surface area contributed by atoms with Crippen molar-refractivity contribution in [2.24, 2.45) is 33.8 Å². The van der Waals surface area contributed by atoms with E-state index in [0.717, 1.165) is 44.6 Å². The highest BCUT2D eigenvalue weighted by Gasteiger charge is 2.83. The average Bonchev–Trinajstić information content (AvgIpc) is 3.02. The van der Waals surface area contributed by atoms with Gasteiger partial charge >= 0.3 is 0 Å². The van der Waals surface area contributed by atoms with Crippen LogP contribution in [0, 0.1) is 28.1 Å². The topological polar surface area (TPSA) is 55.1 Å². The van der Waals surface area contributed by atoms with E-state index in [4.69, 9.17) is 5.73 Å². The van der Waals surface area contributed by atoms with Crippen LogP contribution in [0.3, 0.4) is 0 Å². The Morgan fingerprint density at radius 1 is 1.03 bits per heavy atom. The molecule has 3 nitrogen and oxygen atoms in total. The Balaban J connectivity index is 1.27. The molecule has 3 bridgehead atoms. The molecule has 0 aliphatic heterocycles. The van der Waals surface area contributed by atoms with E-state index in [-0.39, 0.29) is 5.41 Å². The van der Waals surface area contributed by atoms with Crippen molar-refractivity contribution in [3.63, 3.8) is 0 Å². The fourth-order valence-electron chi connectivity index (χ4n) is 9.54. The molecule has 3 N–H and O–H groups in total. The van der Waals surface area contributed by atoms with Gasteiger partial charge in [-0.05, 0) is 99.0 Å². The Hall–Kier alpha value is -1.35. The molecular weight excluding hydrogens is 356 g/mol. The van der Waals surface area contributed by atoms with Gasteiger partial charge in [0.15, 0.2) is 0 Å². The molecule has 6 rings (SSSR count). The molecule has 5 saturated carbocycles. The van der Waals surface area contributed by atoms with Gasteiger partial charge < -0.3 is 11.1 Å². The predicted octanol–water partition coefficient (Wildman–Crippen LogP) is 4.55. The molecule has 0 aromatic heterocycles. The van der Waals surface area contributed by atoms with Gasteiger partial charge in [-0.3, -0.25) is 4.79 Å². The largest absolute Gasteiger partial charge is 0.353 e. The lowest BCUT2D eigenvalue weighted by Crippen LogP contribution is -2.61. The molecule has 0 heterocycles. The third-order valence-electron chi connectivity index (χ3n) is 10.4. The molecule has 1 spiro atoms. The van der Waals surface area contributed by atoms with Crippen molar-refractivity contribution in [3.05, 3.63) is 35.9 Å². The maximum Gasteiger partial charge on any atom is 0.226 e. The van der Waals surface area contributed by atoms with Crippen molar-refractivity contribution in [2.45, 2.75) is 82.6 Å². The zero-order valence-corrected chi connectivity index (χ0v) is 17.9. The minimum Gasteiger partial charge on any atom is -0.353 e. The van der Waals surface area contributed by atoms with Crippen molar-refractivity contribution in [1.29, 1.82) is 0 Å². The molecule has 5 aliphatic carbocycles. The summed E-state index contributed by atoms with van der Waals surface area (Å²) in [5, 5.41) is 3.55. The highest BCUT2D eigenvalue weighted by molar-refractivity contribution is 5.84. The average molecular weight is 393 g/mol. The van der Waals surface area contributed by atoms with Gasteiger partial charge in [0.25, 0.3) is 0 Å². The first-order valence-corrected chi connectivity index (χ1v) is 12.0. The summed E-state index contributed by atoms with van der Waals surface area (Å²) >= 11 is 0. The Bertz CT molecular complexity index is 830. The highest BCUT2D eigenvalue weighted by atomic mass is 16.2. The number of nitrogens with two attached hydrogens (primary N) is 1. The molecule has 5 atom stereocenters. The molecule has 1 aromatic carbocycles. The van der Waals surface area contributed by atoms with Crippen molar-refractivity contribution >= 4 is 5.91 Å². The van der Waals surface area contributed by atoms with Crippen molar-refractivity contribution < 1.29 is 4.79 Å². The zero-order chi connectivity index (χ0) is 19.9. The van der Waals surface area contributed by atoms with Crippen LogP contribution in [-0.2, 0) is 10.2 Å². The number of fused-ring (bicyclic) bond motifs is 2. The van der Waals surface area contributed by atoms with E-state index in [9.17, 15) is 4.79 Å². The quantitative estimate of drug-likeness (QED) is 0.790. The van der Waals surface area contributed by atoms with Gasteiger partial charge in [-0.15, -0.1) is 0 Å². The van der Waals surface area contributed by atoms with Crippen LogP contribution in [0.5, 0.6) is 0 Å². The molecule has 5 fully saturated rings. The van der Waals surface area contributed by atoms with Crippen LogP contribution >= 0.6 is 0 Å². The lowest BCUT2D eigenvalue weighted by molar-refractivity contribution is -0.134. The molecule has 3 heteroatoms. The minimum absolute atomic E-state index is 0.102. The normalized spacial score (nSPS) is 49.5. The number of carbonyl (C=O) groups is 1. The summed E-state index contributed by atoms with van der Waals surface area (Å²) in [5.74, 6) is 1.79. The van der Waals surface area contributed by atoms with Gasteiger partial charge in [0.2, 0.25) is 5.91 Å². The first-order valence-electron chi connectivity index (χ1n) is 12.0. The zero-order valence-electron chi connectivity index (χ0n) is 17.9. The fourth-order valence-corrected chi connectivity index (χ4v) is 9.54. The number of carbonyl (C=O) groups excluding carboxylic acids is 1. The van der Waals surface area contributed by atoms with Crippen LogP contribution in [0.2, 0.25) is 0 Å². The molecular formula is C26H36N2O. The number of amides is 1. The van der Waals surface area contributed by atoms with Crippen LogP contribution in [0.25, 0.3) is 0 Å². The fraction of sp³-hybridized carbons (Fsp3) is 0.731. The van der Waals surface area contributed by atoms with Crippen molar-refractivity contribution in [2.75, 3.05) is 6.54 Å². The van der Waals surface area contributed by atoms with E-state index in [1.54, 1.807) is 5.56 Å². The third kappa shape index (κ3) is 2.21. The van der Waals surface area contributed by atoms with Crippen LogP contribution in [0.4, 0.5) is 0 Å². The summed E-state index contributed by atoms with van der Waals surface area (Å²) in [4.78, 5) is 13.7. The second kappa shape index (κ2) is 5.87. The first-order chi connectivity index (χ1) is 13.9. The standard InChI is InChI=1S/C26H36N2O/c1-23-15-24(22(29)28-21-9-7-18(14-27)8-10-21)11-19-12-25(16-23,26(23,13-19)17-24)20-5-3-2-4-6-20/h2-6,18-19,21H,7-17,27H2,1H3,(H,28,29)/t18?,19?,21?,23-,24?,25-,26?/m1/s1. The van der Waals surface area contributed by atoms with E-state index in [1.807, 2.05) is 0 Å². The Morgan fingerprint density at radius 3 is 2.52 bits per heavy atom. The second-order valence-electron chi connectivity index (χ2n) is 11.8. The number of benzene rings is 1.